The minimum Gasteiger partial charge on any atom is -0.383 e. The van der Waals surface area contributed by atoms with Crippen LogP contribution in [-0.2, 0) is 26.2 Å². The van der Waals surface area contributed by atoms with Gasteiger partial charge in [0, 0.05) is 93.6 Å². The van der Waals surface area contributed by atoms with Gasteiger partial charge in [-0.05, 0) is 13.0 Å². The SMILES string of the molecule is CCCCCCCN(CCn1c(=O)nc(N)c2c(=O)[nH]c(NC)nc21)CCn1c(=O)nc(N)c2c(=O)[nH]c(NC)nc21.CNc1nc2c(c(N)nc(=O)n2CCN(CCN)CCn2c(=O)nc(N)c3c(=O)[nH]c(NC)nc32)c(=O)[nH]1. The highest BCUT2D eigenvalue weighted by Crippen LogP contribution is 2.17. The van der Waals surface area contributed by atoms with Crippen molar-refractivity contribution in [3.63, 3.8) is 0 Å². The fourth-order valence-corrected chi connectivity index (χ4v) is 8.83. The molecular formula is C45H65N27O8. The number of anilines is 8. The molecule has 428 valence electrons. The van der Waals surface area contributed by atoms with Crippen LogP contribution in [0.25, 0.3) is 44.1 Å². The van der Waals surface area contributed by atoms with Gasteiger partial charge in [0.2, 0.25) is 23.8 Å². The van der Waals surface area contributed by atoms with Crippen LogP contribution >= 0.6 is 0 Å². The average Bonchev–Trinajstić information content (AvgIpc) is 3.57. The molecule has 0 amide bonds. The number of fused-ring (bicyclic) bond motifs is 4. The molecule has 80 heavy (non-hydrogen) atoms. The lowest BCUT2D eigenvalue weighted by Gasteiger charge is -2.24. The molecule has 8 rings (SSSR count). The molecule has 0 saturated heterocycles. The van der Waals surface area contributed by atoms with Gasteiger partial charge in [0.05, 0.1) is 0 Å². The number of nitrogens with one attached hydrogen (secondary N) is 8. The van der Waals surface area contributed by atoms with Gasteiger partial charge in [0.25, 0.3) is 22.2 Å². The van der Waals surface area contributed by atoms with Gasteiger partial charge in [-0.2, -0.15) is 39.9 Å². The Balaban J connectivity index is 0.000000232. The van der Waals surface area contributed by atoms with E-state index in [2.05, 4.69) is 92.9 Å². The van der Waals surface area contributed by atoms with Gasteiger partial charge < -0.3 is 49.9 Å². The molecule has 0 bridgehead atoms. The standard InChI is InChI=1S/C25H37N13O4.C20H28N14O4/c1-4-5-6-7-8-9-36(10-12-37-18-14(16(26)30-24(37)41)20(39)34-22(28-2)32-18)11-13-38-19-15(17(27)31-25(38)42)21(40)35-23(29-3)33-19;1-24-17-28-13-9(15(35)30-17)11(22)26-19(37)33(13)7-5-32(4-3-21)6-8-34-14-10(12(23)27-20(34)38)16(36)31-18(25-2)29-14/h4-13H2,1-3H3,(H2,26,30,41)(H2,27,31,42)(H2,28,32,34,39)(H2,29,33,35,40);3-8,21H2,1-2H3,(H2,22,26,37)(H2,23,27,38)(H2,24,28,30,35)(H2,25,29,31,36). The molecule has 0 aliphatic rings. The summed E-state index contributed by atoms with van der Waals surface area (Å²) in [5, 5.41) is 11.1. The molecule has 18 N–H and O–H groups in total. The van der Waals surface area contributed by atoms with Crippen LogP contribution in [-0.4, -0.2) is 162 Å². The summed E-state index contributed by atoms with van der Waals surface area (Å²) < 4.78 is 5.13. The second kappa shape index (κ2) is 25.7. The van der Waals surface area contributed by atoms with Crippen LogP contribution in [0.4, 0.5) is 47.1 Å². The summed E-state index contributed by atoms with van der Waals surface area (Å²) in [6.07, 6.45) is 5.27. The van der Waals surface area contributed by atoms with Crippen molar-refractivity contribution in [2.45, 2.75) is 65.2 Å². The first-order valence-corrected chi connectivity index (χ1v) is 25.4. The van der Waals surface area contributed by atoms with Crippen molar-refractivity contribution in [3.8, 4) is 0 Å². The molecule has 0 aliphatic heterocycles. The Kier molecular flexibility index (Phi) is 18.6. The lowest BCUT2D eigenvalue weighted by Crippen LogP contribution is -2.39. The maximum absolute atomic E-state index is 12.9. The maximum atomic E-state index is 12.9. The van der Waals surface area contributed by atoms with Gasteiger partial charge in [-0.15, -0.1) is 0 Å². The highest BCUT2D eigenvalue weighted by molar-refractivity contribution is 5.87. The Morgan fingerprint density at radius 3 is 0.900 bits per heavy atom. The number of nitrogens with zero attached hydrogens (tertiary/aromatic N) is 14. The van der Waals surface area contributed by atoms with Gasteiger partial charge in [0.15, 0.2) is 22.6 Å². The zero-order chi connectivity index (χ0) is 57.9. The molecule has 35 heteroatoms. The first-order chi connectivity index (χ1) is 38.4. The normalized spacial score (nSPS) is 11.5. The van der Waals surface area contributed by atoms with Crippen LogP contribution in [0.1, 0.15) is 39.0 Å². The van der Waals surface area contributed by atoms with Crippen molar-refractivity contribution in [2.75, 3.05) is 118 Å². The predicted molar refractivity (Wildman–Crippen MR) is 304 cm³/mol. The van der Waals surface area contributed by atoms with E-state index in [0.717, 1.165) is 32.1 Å². The minimum absolute atomic E-state index is 0.00317. The molecule has 8 heterocycles. The number of rotatable bonds is 24. The fourth-order valence-electron chi connectivity index (χ4n) is 8.83. The molecule has 0 fully saturated rings. The van der Waals surface area contributed by atoms with Crippen LogP contribution < -0.4 is 94.9 Å². The largest absolute Gasteiger partial charge is 0.383 e. The third kappa shape index (κ3) is 12.7. The van der Waals surface area contributed by atoms with Crippen molar-refractivity contribution in [1.29, 1.82) is 0 Å². The van der Waals surface area contributed by atoms with Gasteiger partial charge in [-0.3, -0.25) is 67.2 Å². The lowest BCUT2D eigenvalue weighted by atomic mass is 10.1. The van der Waals surface area contributed by atoms with Crippen LogP contribution in [0.15, 0.2) is 38.4 Å². The molecular weight excluding hydrogens is 1050 g/mol. The molecule has 0 spiro atoms. The Morgan fingerprint density at radius 1 is 0.388 bits per heavy atom. The zero-order valence-corrected chi connectivity index (χ0v) is 44.7. The number of hydrogen-bond acceptors (Lipinski definition) is 27. The summed E-state index contributed by atoms with van der Waals surface area (Å²) in [5.41, 5.74) is 24.9. The molecule has 8 aromatic heterocycles. The molecule has 0 aliphatic carbocycles. The molecule has 35 nitrogen and oxygen atoms in total. The first-order valence-electron chi connectivity index (χ1n) is 25.4. The number of nitrogen functional groups attached to an aromatic ring is 4. The van der Waals surface area contributed by atoms with E-state index in [1.165, 1.54) is 18.3 Å². The van der Waals surface area contributed by atoms with Crippen molar-refractivity contribution in [1.82, 2.24) is 87.9 Å². The summed E-state index contributed by atoms with van der Waals surface area (Å²) in [7, 11) is 6.33. The fraction of sp³-hybridized carbons (Fsp3) is 0.467. The predicted octanol–water partition coefficient (Wildman–Crippen LogP) is -4.02. The first kappa shape index (κ1) is 58.1. The average molecular weight is 1110 g/mol. The Morgan fingerprint density at radius 2 is 0.650 bits per heavy atom. The lowest BCUT2D eigenvalue weighted by molar-refractivity contribution is 0.246. The van der Waals surface area contributed by atoms with E-state index in [9.17, 15) is 38.4 Å². The minimum atomic E-state index is -0.671. The van der Waals surface area contributed by atoms with Crippen molar-refractivity contribution >= 4 is 91.2 Å². The number of aromatic amines is 4. The van der Waals surface area contributed by atoms with Gasteiger partial charge in [-0.1, -0.05) is 32.6 Å². The monoisotopic (exact) mass is 1110 g/mol. The van der Waals surface area contributed by atoms with Gasteiger partial charge >= 0.3 is 22.8 Å². The number of nitrogens with two attached hydrogens (primary N) is 5. The summed E-state index contributed by atoms with van der Waals surface area (Å²) in [6, 6.07) is 0. The topological polar surface area (TPSA) is 507 Å². The zero-order valence-electron chi connectivity index (χ0n) is 44.7. The third-order valence-electron chi connectivity index (χ3n) is 13.0. The molecule has 0 unspecified atom stereocenters. The second-order valence-corrected chi connectivity index (χ2v) is 18.1. The summed E-state index contributed by atoms with van der Waals surface area (Å²) >= 11 is 0. The maximum Gasteiger partial charge on any atom is 0.351 e. The van der Waals surface area contributed by atoms with Gasteiger partial charge in [0.1, 0.15) is 44.8 Å². The number of aromatic nitrogens is 16. The molecule has 0 saturated carbocycles. The molecule has 0 radical (unpaired) electrons. The highest BCUT2D eigenvalue weighted by Gasteiger charge is 2.21. The Bertz CT molecular complexity index is 3820. The van der Waals surface area contributed by atoms with E-state index in [4.69, 9.17) is 28.7 Å². The highest BCUT2D eigenvalue weighted by atomic mass is 16.2. The van der Waals surface area contributed by atoms with Gasteiger partial charge in [-0.25, -0.2) is 19.2 Å². The van der Waals surface area contributed by atoms with E-state index < -0.39 is 45.0 Å². The second-order valence-electron chi connectivity index (χ2n) is 18.1. The number of hydrogen-bond donors (Lipinski definition) is 13. The van der Waals surface area contributed by atoms with Crippen LogP contribution in [0.5, 0.6) is 0 Å². The van der Waals surface area contributed by atoms with E-state index in [0.29, 0.717) is 26.2 Å². The third-order valence-corrected chi connectivity index (χ3v) is 13.0. The van der Waals surface area contributed by atoms with E-state index in [1.54, 1.807) is 28.2 Å². The van der Waals surface area contributed by atoms with E-state index in [-0.39, 0.29) is 137 Å². The van der Waals surface area contributed by atoms with Crippen LogP contribution in [0.3, 0.4) is 0 Å². The summed E-state index contributed by atoms with van der Waals surface area (Å²) in [5.74, 6) is -0.142. The quantitative estimate of drug-likeness (QED) is 0.0256. The molecule has 0 atom stereocenters. The number of H-pyrrole nitrogens is 4. The summed E-state index contributed by atoms with van der Waals surface area (Å²) in [6.45, 7) is 5.37. The number of unbranched alkanes of at least 4 members (excludes halogenated alkanes) is 4. The Labute approximate surface area is 450 Å². The van der Waals surface area contributed by atoms with Crippen LogP contribution in [0.2, 0.25) is 0 Å². The molecule has 0 aromatic carbocycles. The van der Waals surface area contributed by atoms with Crippen LogP contribution in [0, 0.1) is 0 Å². The molecule has 8 aromatic rings. The van der Waals surface area contributed by atoms with Crippen molar-refractivity contribution in [2.24, 2.45) is 5.73 Å². The Hall–Kier alpha value is -9.64. The summed E-state index contributed by atoms with van der Waals surface area (Å²) in [4.78, 5) is 148. The smallest absolute Gasteiger partial charge is 0.351 e. The van der Waals surface area contributed by atoms with Crippen molar-refractivity contribution in [3.05, 3.63) is 83.4 Å². The van der Waals surface area contributed by atoms with Crippen molar-refractivity contribution < 1.29 is 0 Å². The van der Waals surface area contributed by atoms with E-state index >= 15 is 0 Å². The van der Waals surface area contributed by atoms with E-state index in [1.807, 2.05) is 4.90 Å².